The second kappa shape index (κ2) is 5.34. The van der Waals surface area contributed by atoms with Crippen LogP contribution in [-0.2, 0) is 18.6 Å². The van der Waals surface area contributed by atoms with Gasteiger partial charge in [0.25, 0.3) is 0 Å². The molecule has 99 valence electrons. The van der Waals surface area contributed by atoms with Gasteiger partial charge >= 0.3 is 18.6 Å². The van der Waals surface area contributed by atoms with Crippen molar-refractivity contribution in [3.8, 4) is 0 Å². The molecular weight excluding hydrogens is 365 g/mol. The molecule has 0 N–H and O–H groups in total. The number of benzene rings is 2. The average Bonchev–Trinajstić information content (AvgIpc) is 2.84. The standard InChI is InChI=1S/C17H8BrNO.V/c18-9-8-12-10-11-4-3-7-14-13-5-1-2-6-15(13)17(20)19(12)16(11)14;/h1-8H;/q-2;+2. The second-order valence-electron chi connectivity index (χ2n) is 4.65. The Morgan fingerprint density at radius 1 is 1.05 bits per heavy atom. The minimum absolute atomic E-state index is 0. The Balaban J connectivity index is 0.00000132. The van der Waals surface area contributed by atoms with Crippen LogP contribution in [0.3, 0.4) is 0 Å². The molecule has 0 spiro atoms. The van der Waals surface area contributed by atoms with Crippen molar-refractivity contribution in [3.63, 3.8) is 0 Å². The summed E-state index contributed by atoms with van der Waals surface area (Å²) in [7, 11) is 0. The SMILES string of the molecule is O=c1c2ccccc2c2cccc3[c-]c(C=[C-]Br)n1c32.[V+2]. The molecule has 2 aromatic heterocycles. The molecule has 4 rings (SSSR count). The van der Waals surface area contributed by atoms with E-state index in [1.54, 1.807) is 10.5 Å². The van der Waals surface area contributed by atoms with Gasteiger partial charge in [0, 0.05) is 5.39 Å². The third kappa shape index (κ3) is 1.96. The van der Waals surface area contributed by atoms with Crippen molar-refractivity contribution < 1.29 is 18.6 Å². The largest absolute Gasteiger partial charge is 2.00 e. The van der Waals surface area contributed by atoms with E-state index in [1.807, 2.05) is 42.5 Å². The molecule has 1 radical (unpaired) electrons. The molecule has 21 heavy (non-hydrogen) atoms. The van der Waals surface area contributed by atoms with Gasteiger partial charge in [0.2, 0.25) is 5.56 Å². The van der Waals surface area contributed by atoms with Crippen LogP contribution in [-0.4, -0.2) is 4.40 Å². The number of pyridine rings is 1. The van der Waals surface area contributed by atoms with Crippen LogP contribution in [0.2, 0.25) is 0 Å². The van der Waals surface area contributed by atoms with Gasteiger partial charge in [-0.05, 0) is 22.4 Å². The number of para-hydroxylation sites is 1. The van der Waals surface area contributed by atoms with Gasteiger partial charge in [-0.3, -0.25) is 10.9 Å². The van der Waals surface area contributed by atoms with Crippen LogP contribution < -0.4 is 5.56 Å². The Bertz CT molecular complexity index is 1040. The molecule has 0 aliphatic rings. The summed E-state index contributed by atoms with van der Waals surface area (Å²) in [6, 6.07) is 17.0. The van der Waals surface area contributed by atoms with E-state index in [9.17, 15) is 4.79 Å². The first kappa shape index (κ1) is 14.4. The Kier molecular flexibility index (Phi) is 3.66. The zero-order valence-electron chi connectivity index (χ0n) is 10.8. The number of aromatic nitrogens is 1. The van der Waals surface area contributed by atoms with Crippen LogP contribution in [0, 0.1) is 11.1 Å². The van der Waals surface area contributed by atoms with E-state index in [0.29, 0.717) is 5.69 Å². The summed E-state index contributed by atoms with van der Waals surface area (Å²) in [5.41, 5.74) is 1.62. The molecule has 2 nitrogen and oxygen atoms in total. The Morgan fingerprint density at radius 3 is 2.52 bits per heavy atom. The van der Waals surface area contributed by atoms with Crippen LogP contribution in [0.25, 0.3) is 33.1 Å². The molecule has 2 aromatic carbocycles. The van der Waals surface area contributed by atoms with Crippen LogP contribution in [0.15, 0.2) is 47.3 Å². The quantitative estimate of drug-likeness (QED) is 0.365. The molecule has 0 fully saturated rings. The van der Waals surface area contributed by atoms with Crippen molar-refractivity contribution in [2.24, 2.45) is 0 Å². The topological polar surface area (TPSA) is 21.5 Å². The van der Waals surface area contributed by atoms with E-state index in [2.05, 4.69) is 27.0 Å². The van der Waals surface area contributed by atoms with Crippen molar-refractivity contribution >= 4 is 49.1 Å². The minimum Gasteiger partial charge on any atom is -0.415 e. The molecule has 0 unspecified atom stereocenters. The summed E-state index contributed by atoms with van der Waals surface area (Å²) in [5, 5.41) is 3.73. The number of hydrogen-bond acceptors (Lipinski definition) is 1. The van der Waals surface area contributed by atoms with Crippen LogP contribution >= 0.6 is 15.9 Å². The molecule has 0 aliphatic carbocycles. The number of halogens is 1. The van der Waals surface area contributed by atoms with Crippen molar-refractivity contribution in [2.75, 3.05) is 0 Å². The van der Waals surface area contributed by atoms with Gasteiger partial charge in [-0.2, -0.15) is 5.69 Å². The number of hydrogen-bond donors (Lipinski definition) is 0. The fourth-order valence-corrected chi connectivity index (χ4v) is 3.02. The Labute approximate surface area is 141 Å². The Morgan fingerprint density at radius 2 is 1.76 bits per heavy atom. The number of nitrogens with zero attached hydrogens (tertiary/aromatic N) is 1. The summed E-state index contributed by atoms with van der Waals surface area (Å²) < 4.78 is 1.71. The molecule has 4 heteroatoms. The van der Waals surface area contributed by atoms with Crippen molar-refractivity contribution in [2.45, 2.75) is 0 Å². The fourth-order valence-electron chi connectivity index (χ4n) is 2.81. The second-order valence-corrected chi connectivity index (χ2v) is 5.11. The number of fused-ring (bicyclic) bond motifs is 2. The first-order chi connectivity index (χ1) is 9.81. The van der Waals surface area contributed by atoms with Gasteiger partial charge < -0.3 is 4.40 Å². The van der Waals surface area contributed by atoms with E-state index in [4.69, 9.17) is 0 Å². The van der Waals surface area contributed by atoms with E-state index in [1.165, 1.54) is 0 Å². The summed E-state index contributed by atoms with van der Waals surface area (Å²) in [6.45, 7) is 0. The van der Waals surface area contributed by atoms with Crippen LogP contribution in [0.4, 0.5) is 0 Å². The minimum atomic E-state index is -0.0143. The van der Waals surface area contributed by atoms with Gasteiger partial charge in [0.05, 0.1) is 0 Å². The molecule has 0 aliphatic heterocycles. The van der Waals surface area contributed by atoms with E-state index in [-0.39, 0.29) is 24.1 Å². The first-order valence-corrected chi connectivity index (χ1v) is 7.01. The number of rotatable bonds is 1. The maximum atomic E-state index is 12.7. The van der Waals surface area contributed by atoms with E-state index < -0.39 is 0 Å². The van der Waals surface area contributed by atoms with Crippen molar-refractivity contribution in [1.82, 2.24) is 4.40 Å². The smallest absolute Gasteiger partial charge is 0.415 e. The predicted octanol–water partition coefficient (Wildman–Crippen LogP) is 4.01. The van der Waals surface area contributed by atoms with Gasteiger partial charge in [0.15, 0.2) is 0 Å². The first-order valence-electron chi connectivity index (χ1n) is 6.21. The molecule has 0 bridgehead atoms. The maximum Gasteiger partial charge on any atom is 2.00 e. The fraction of sp³-hybridized carbons (Fsp3) is 0. The average molecular weight is 373 g/mol. The van der Waals surface area contributed by atoms with Gasteiger partial charge in [0.1, 0.15) is 0 Å². The van der Waals surface area contributed by atoms with Gasteiger partial charge in [-0.1, -0.05) is 24.3 Å². The Hall–Kier alpha value is -1.55. The maximum absolute atomic E-state index is 12.7. The van der Waals surface area contributed by atoms with Crippen molar-refractivity contribution in [3.05, 3.63) is 69.6 Å². The monoisotopic (exact) mass is 372 g/mol. The summed E-state index contributed by atoms with van der Waals surface area (Å²) in [5.74, 6) is 0. The summed E-state index contributed by atoms with van der Waals surface area (Å²) in [4.78, 5) is 15.5. The van der Waals surface area contributed by atoms with Crippen molar-refractivity contribution in [1.29, 1.82) is 0 Å². The zero-order valence-corrected chi connectivity index (χ0v) is 13.8. The zero-order chi connectivity index (χ0) is 13.7. The van der Waals surface area contributed by atoms with Crippen LogP contribution in [0.5, 0.6) is 0 Å². The van der Waals surface area contributed by atoms with E-state index in [0.717, 1.165) is 27.1 Å². The van der Waals surface area contributed by atoms with Crippen LogP contribution in [0.1, 0.15) is 5.69 Å². The summed E-state index contributed by atoms with van der Waals surface area (Å²) >= 11 is 3.14. The normalized spacial score (nSPS) is 11.7. The predicted molar refractivity (Wildman–Crippen MR) is 85.3 cm³/mol. The molecular formula is C17H8BrNOV. The summed E-state index contributed by atoms with van der Waals surface area (Å²) in [6.07, 6.45) is 1.72. The molecule has 0 saturated heterocycles. The molecule has 0 saturated carbocycles. The third-order valence-corrected chi connectivity index (χ3v) is 3.83. The molecule has 0 atom stereocenters. The molecule has 0 amide bonds. The van der Waals surface area contributed by atoms with E-state index >= 15 is 0 Å². The van der Waals surface area contributed by atoms with Gasteiger partial charge in [-0.25, -0.2) is 27.0 Å². The third-order valence-electron chi connectivity index (χ3n) is 3.61. The molecule has 4 aromatic rings. The molecule has 2 heterocycles. The van der Waals surface area contributed by atoms with Gasteiger partial charge in [-0.15, -0.1) is 17.5 Å².